The molecule has 0 saturated heterocycles. The third-order valence-electron chi connectivity index (χ3n) is 6.33. The average Bonchev–Trinajstić information content (AvgIpc) is 2.93. The number of amides is 2. The number of carbonyl (C=O) groups excluding carboxylic acids is 3. The van der Waals surface area contributed by atoms with Gasteiger partial charge >= 0.3 is 5.97 Å². The van der Waals surface area contributed by atoms with E-state index in [1.807, 2.05) is 39.0 Å². The number of rotatable bonds is 13. The molecule has 0 saturated carbocycles. The highest BCUT2D eigenvalue weighted by molar-refractivity contribution is 5.91. The van der Waals surface area contributed by atoms with Gasteiger partial charge in [0.15, 0.2) is 0 Å². The van der Waals surface area contributed by atoms with Gasteiger partial charge in [-0.05, 0) is 93.6 Å². The molecule has 3 rings (SSSR count). The largest absolute Gasteiger partial charge is 0.423 e. The molecular weight excluding hydrogens is 516 g/mol. The second-order valence-corrected chi connectivity index (χ2v) is 11.7. The summed E-state index contributed by atoms with van der Waals surface area (Å²) >= 11 is 0. The van der Waals surface area contributed by atoms with E-state index < -0.39 is 23.6 Å². The van der Waals surface area contributed by atoms with Crippen molar-refractivity contribution in [3.63, 3.8) is 0 Å². The van der Waals surface area contributed by atoms with Crippen LogP contribution in [0.2, 0.25) is 0 Å². The van der Waals surface area contributed by atoms with Crippen molar-refractivity contribution in [3.05, 3.63) is 95.8 Å². The topological polar surface area (TPSA) is 109 Å². The van der Waals surface area contributed by atoms with Crippen LogP contribution in [0.4, 0.5) is 0 Å². The van der Waals surface area contributed by atoms with Gasteiger partial charge in [-0.25, -0.2) is 4.79 Å². The van der Waals surface area contributed by atoms with Gasteiger partial charge in [0.25, 0.3) is 0 Å². The van der Waals surface area contributed by atoms with E-state index in [-0.39, 0.29) is 18.2 Å². The summed E-state index contributed by atoms with van der Waals surface area (Å²) in [4.78, 5) is 43.4. The smallest absolute Gasteiger partial charge is 0.343 e. The van der Waals surface area contributed by atoms with E-state index in [2.05, 4.69) is 34.8 Å². The first-order valence-electron chi connectivity index (χ1n) is 14.1. The SMILES string of the molecule is CC(C)CCN[C@@H](Cc1ccncc1)C(=O)N[C@@H](Cc1ccc(OC(=O)c2ccccc2)cc1)C(=O)NC(C)(C)C. The van der Waals surface area contributed by atoms with E-state index in [1.54, 1.807) is 60.9 Å². The van der Waals surface area contributed by atoms with Gasteiger partial charge < -0.3 is 20.7 Å². The molecule has 8 nitrogen and oxygen atoms in total. The Labute approximate surface area is 243 Å². The Morgan fingerprint density at radius 1 is 0.805 bits per heavy atom. The normalized spacial score (nSPS) is 12.8. The molecule has 8 heteroatoms. The van der Waals surface area contributed by atoms with Crippen molar-refractivity contribution in [3.8, 4) is 5.75 Å². The molecule has 2 aromatic carbocycles. The lowest BCUT2D eigenvalue weighted by Crippen LogP contribution is -2.56. The van der Waals surface area contributed by atoms with Crippen molar-refractivity contribution in [1.82, 2.24) is 20.9 Å². The fourth-order valence-electron chi connectivity index (χ4n) is 4.17. The first-order valence-corrected chi connectivity index (χ1v) is 14.1. The molecular formula is C33H42N4O4. The Morgan fingerprint density at radius 2 is 1.41 bits per heavy atom. The average molecular weight is 559 g/mol. The fourth-order valence-corrected chi connectivity index (χ4v) is 4.17. The maximum atomic E-state index is 13.6. The Bertz CT molecular complexity index is 1260. The van der Waals surface area contributed by atoms with Gasteiger partial charge in [0, 0.05) is 24.4 Å². The zero-order chi connectivity index (χ0) is 29.8. The Hall–Kier alpha value is -4.04. The molecule has 0 radical (unpaired) electrons. The van der Waals surface area contributed by atoms with Gasteiger partial charge in [-0.15, -0.1) is 0 Å². The molecule has 1 heterocycles. The van der Waals surface area contributed by atoms with Gasteiger partial charge in [0.1, 0.15) is 11.8 Å². The first kappa shape index (κ1) is 31.5. The van der Waals surface area contributed by atoms with E-state index in [1.165, 1.54) is 0 Å². The molecule has 2 amide bonds. The Morgan fingerprint density at radius 3 is 2.02 bits per heavy atom. The summed E-state index contributed by atoms with van der Waals surface area (Å²) in [7, 11) is 0. The molecule has 2 atom stereocenters. The highest BCUT2D eigenvalue weighted by atomic mass is 16.5. The van der Waals surface area contributed by atoms with Crippen LogP contribution in [0.3, 0.4) is 0 Å². The molecule has 0 bridgehead atoms. The number of ether oxygens (including phenoxy) is 1. The number of nitrogens with one attached hydrogen (secondary N) is 3. The van der Waals surface area contributed by atoms with Crippen molar-refractivity contribution in [2.45, 2.75) is 71.5 Å². The molecule has 0 fully saturated rings. The van der Waals surface area contributed by atoms with Crippen molar-refractivity contribution >= 4 is 17.8 Å². The molecule has 0 spiro atoms. The van der Waals surface area contributed by atoms with Crippen LogP contribution in [0.5, 0.6) is 5.75 Å². The highest BCUT2D eigenvalue weighted by Gasteiger charge is 2.28. The molecule has 3 N–H and O–H groups in total. The summed E-state index contributed by atoms with van der Waals surface area (Å²) in [6, 6.07) is 18.2. The lowest BCUT2D eigenvalue weighted by Gasteiger charge is -2.27. The lowest BCUT2D eigenvalue weighted by atomic mass is 10.0. The number of aromatic nitrogens is 1. The third kappa shape index (κ3) is 11.2. The second-order valence-electron chi connectivity index (χ2n) is 11.7. The van der Waals surface area contributed by atoms with E-state index in [4.69, 9.17) is 4.74 Å². The van der Waals surface area contributed by atoms with E-state index >= 15 is 0 Å². The molecule has 0 aliphatic carbocycles. The fraction of sp³-hybridized carbons (Fsp3) is 0.394. The minimum Gasteiger partial charge on any atom is -0.423 e. The van der Waals surface area contributed by atoms with Crippen LogP contribution >= 0.6 is 0 Å². The molecule has 0 aliphatic heterocycles. The van der Waals surface area contributed by atoms with Crippen molar-refractivity contribution in [1.29, 1.82) is 0 Å². The van der Waals surface area contributed by atoms with Gasteiger partial charge in [0.05, 0.1) is 11.6 Å². The summed E-state index contributed by atoms with van der Waals surface area (Å²) in [5.74, 6) is -0.0666. The number of pyridine rings is 1. The van der Waals surface area contributed by atoms with Crippen LogP contribution in [-0.2, 0) is 22.4 Å². The maximum Gasteiger partial charge on any atom is 0.343 e. The quantitative estimate of drug-likeness (QED) is 0.211. The Kier molecular flexibility index (Phi) is 11.6. The number of benzene rings is 2. The standard InChI is InChI=1S/C33H42N4O4/c1-23(2)15-20-35-28(21-25-16-18-34-19-17-25)30(38)36-29(31(39)37-33(3,4)5)22-24-11-13-27(14-12-24)41-32(40)26-9-7-6-8-10-26/h6-14,16-19,23,28-29,35H,15,20-22H2,1-5H3,(H,36,38)(H,37,39)/t28-,29-/m0/s1. The molecule has 0 aliphatic rings. The van der Waals surface area contributed by atoms with Crippen LogP contribution in [0.1, 0.15) is 62.5 Å². The molecule has 3 aromatic rings. The Balaban J connectivity index is 1.74. The van der Waals surface area contributed by atoms with Crippen LogP contribution < -0.4 is 20.7 Å². The van der Waals surface area contributed by atoms with Crippen molar-refractivity contribution in [2.24, 2.45) is 5.92 Å². The van der Waals surface area contributed by atoms with Crippen LogP contribution in [0.15, 0.2) is 79.1 Å². The molecule has 0 unspecified atom stereocenters. The third-order valence-corrected chi connectivity index (χ3v) is 6.33. The van der Waals surface area contributed by atoms with E-state index in [0.29, 0.717) is 30.2 Å². The van der Waals surface area contributed by atoms with Gasteiger partial charge in [-0.1, -0.05) is 44.2 Å². The van der Waals surface area contributed by atoms with Gasteiger partial charge in [-0.2, -0.15) is 0 Å². The molecule has 1 aromatic heterocycles. The highest BCUT2D eigenvalue weighted by Crippen LogP contribution is 2.16. The first-order chi connectivity index (χ1) is 19.5. The summed E-state index contributed by atoms with van der Waals surface area (Å²) in [5, 5.41) is 9.38. The summed E-state index contributed by atoms with van der Waals surface area (Å²) < 4.78 is 5.48. The number of carbonyl (C=O) groups is 3. The minimum absolute atomic E-state index is 0.243. The lowest BCUT2D eigenvalue weighted by molar-refractivity contribution is -0.130. The second kappa shape index (κ2) is 15.1. The van der Waals surface area contributed by atoms with Gasteiger partial charge in [0.2, 0.25) is 11.8 Å². The number of hydrogen-bond acceptors (Lipinski definition) is 6. The molecule has 41 heavy (non-hydrogen) atoms. The molecule has 218 valence electrons. The number of nitrogens with zero attached hydrogens (tertiary/aromatic N) is 1. The van der Waals surface area contributed by atoms with Crippen molar-refractivity contribution < 1.29 is 19.1 Å². The number of esters is 1. The van der Waals surface area contributed by atoms with Crippen LogP contribution in [0, 0.1) is 5.92 Å². The van der Waals surface area contributed by atoms with E-state index in [9.17, 15) is 14.4 Å². The van der Waals surface area contributed by atoms with E-state index in [0.717, 1.165) is 17.5 Å². The van der Waals surface area contributed by atoms with Gasteiger partial charge in [-0.3, -0.25) is 14.6 Å². The minimum atomic E-state index is -0.800. The van der Waals surface area contributed by atoms with Crippen LogP contribution in [0.25, 0.3) is 0 Å². The monoisotopic (exact) mass is 558 g/mol. The van der Waals surface area contributed by atoms with Crippen molar-refractivity contribution in [2.75, 3.05) is 6.54 Å². The summed E-state index contributed by atoms with van der Waals surface area (Å²) in [6.07, 6.45) is 5.09. The predicted molar refractivity (Wildman–Crippen MR) is 161 cm³/mol. The zero-order valence-corrected chi connectivity index (χ0v) is 24.6. The maximum absolute atomic E-state index is 13.6. The predicted octanol–water partition coefficient (Wildman–Crippen LogP) is 4.49. The zero-order valence-electron chi connectivity index (χ0n) is 24.6. The summed E-state index contributed by atoms with van der Waals surface area (Å²) in [5.41, 5.74) is 1.79. The van der Waals surface area contributed by atoms with Crippen LogP contribution in [-0.4, -0.2) is 46.9 Å². The number of hydrogen-bond donors (Lipinski definition) is 3. The summed E-state index contributed by atoms with van der Waals surface area (Å²) in [6.45, 7) is 10.7.